The molecular formula is C13H17F3N2O. The van der Waals surface area contributed by atoms with Crippen molar-refractivity contribution in [2.75, 3.05) is 0 Å². The minimum atomic E-state index is -4.57. The normalized spacial score (nSPS) is 20.2. The monoisotopic (exact) mass is 274 g/mol. The van der Waals surface area contributed by atoms with Crippen LogP contribution in [0.25, 0.3) is 0 Å². The lowest BCUT2D eigenvalue weighted by atomic mass is 9.71. The Balaban J connectivity index is 2.51. The second-order valence-corrected chi connectivity index (χ2v) is 6.15. The maximum Gasteiger partial charge on any atom is 0.433 e. The highest BCUT2D eigenvalue weighted by molar-refractivity contribution is 5.30. The zero-order chi connectivity index (χ0) is 14.4. The Labute approximate surface area is 109 Å². The third-order valence-electron chi connectivity index (χ3n) is 3.81. The van der Waals surface area contributed by atoms with Crippen LogP contribution >= 0.6 is 0 Å². The van der Waals surface area contributed by atoms with Gasteiger partial charge in [-0.05, 0) is 30.6 Å². The van der Waals surface area contributed by atoms with Crippen molar-refractivity contribution in [1.82, 2.24) is 9.97 Å². The average molecular weight is 274 g/mol. The van der Waals surface area contributed by atoms with E-state index in [-0.39, 0.29) is 16.9 Å². The van der Waals surface area contributed by atoms with Crippen LogP contribution in [-0.4, -0.2) is 9.97 Å². The first-order chi connectivity index (χ1) is 8.59. The van der Waals surface area contributed by atoms with Gasteiger partial charge in [-0.25, -0.2) is 4.79 Å². The summed E-state index contributed by atoms with van der Waals surface area (Å²) in [5.41, 5.74) is -1.43. The highest BCUT2D eigenvalue weighted by Crippen LogP contribution is 2.40. The van der Waals surface area contributed by atoms with Crippen molar-refractivity contribution < 1.29 is 13.2 Å². The topological polar surface area (TPSA) is 45.8 Å². The summed E-state index contributed by atoms with van der Waals surface area (Å²) < 4.78 is 38.9. The van der Waals surface area contributed by atoms with Crippen molar-refractivity contribution in [2.24, 2.45) is 11.3 Å². The third-order valence-corrected chi connectivity index (χ3v) is 3.81. The van der Waals surface area contributed by atoms with Crippen molar-refractivity contribution in [3.05, 3.63) is 27.4 Å². The molecule has 2 rings (SSSR count). The molecule has 0 saturated heterocycles. The Morgan fingerprint density at radius 3 is 2.42 bits per heavy atom. The van der Waals surface area contributed by atoms with Crippen molar-refractivity contribution in [2.45, 2.75) is 46.2 Å². The lowest BCUT2D eigenvalue weighted by Gasteiger charge is -2.35. The van der Waals surface area contributed by atoms with E-state index < -0.39 is 17.6 Å². The molecule has 1 aromatic rings. The van der Waals surface area contributed by atoms with Gasteiger partial charge in [0.2, 0.25) is 0 Å². The fraction of sp³-hybridized carbons (Fsp3) is 0.692. The number of alkyl halides is 3. The molecule has 0 bridgehead atoms. The summed E-state index contributed by atoms with van der Waals surface area (Å²) in [6.45, 7) is 6.07. The number of aryl methyl sites for hydroxylation is 1. The maximum atomic E-state index is 13.0. The number of hydrogen-bond donors (Lipinski definition) is 1. The molecule has 0 amide bonds. The van der Waals surface area contributed by atoms with Crippen LogP contribution in [0.15, 0.2) is 4.79 Å². The summed E-state index contributed by atoms with van der Waals surface area (Å²) >= 11 is 0. The Morgan fingerprint density at radius 2 is 1.89 bits per heavy atom. The third kappa shape index (κ3) is 2.82. The van der Waals surface area contributed by atoms with E-state index in [2.05, 4.69) is 9.97 Å². The summed E-state index contributed by atoms with van der Waals surface area (Å²) in [4.78, 5) is 16.8. The highest BCUT2D eigenvalue weighted by atomic mass is 19.4. The number of rotatable bonds is 0. The molecule has 106 valence electrons. The summed E-state index contributed by atoms with van der Waals surface area (Å²) in [6.07, 6.45) is -3.00. The Morgan fingerprint density at radius 1 is 1.26 bits per heavy atom. The lowest BCUT2D eigenvalue weighted by Crippen LogP contribution is -2.32. The predicted octanol–water partition coefficient (Wildman–Crippen LogP) is 2.94. The van der Waals surface area contributed by atoms with Crippen LogP contribution in [0.5, 0.6) is 0 Å². The molecule has 1 heterocycles. The van der Waals surface area contributed by atoms with Gasteiger partial charge in [0, 0.05) is 11.3 Å². The number of aromatic amines is 1. The molecule has 19 heavy (non-hydrogen) atoms. The van der Waals surface area contributed by atoms with Gasteiger partial charge >= 0.3 is 11.9 Å². The molecule has 0 fully saturated rings. The van der Waals surface area contributed by atoms with E-state index in [1.807, 2.05) is 20.8 Å². The van der Waals surface area contributed by atoms with Gasteiger partial charge in [0.05, 0.1) is 0 Å². The molecule has 1 aliphatic carbocycles. The van der Waals surface area contributed by atoms with E-state index in [1.54, 1.807) is 0 Å². The van der Waals surface area contributed by atoms with Crippen LogP contribution in [0.2, 0.25) is 0 Å². The number of H-pyrrole nitrogens is 1. The zero-order valence-corrected chi connectivity index (χ0v) is 11.2. The molecule has 1 unspecified atom stereocenters. The molecule has 0 aromatic carbocycles. The van der Waals surface area contributed by atoms with E-state index in [4.69, 9.17) is 0 Å². The van der Waals surface area contributed by atoms with Gasteiger partial charge in [0.1, 0.15) is 0 Å². The van der Waals surface area contributed by atoms with Gasteiger partial charge in [-0.2, -0.15) is 18.2 Å². The van der Waals surface area contributed by atoms with Gasteiger partial charge in [-0.15, -0.1) is 0 Å². The van der Waals surface area contributed by atoms with Gasteiger partial charge in [-0.1, -0.05) is 20.8 Å². The SMILES string of the molecule is CC(C)(C)C1CCc2[nH]c(=O)nc(C(F)(F)F)c2C1. The maximum absolute atomic E-state index is 13.0. The van der Waals surface area contributed by atoms with Crippen LogP contribution in [-0.2, 0) is 19.0 Å². The van der Waals surface area contributed by atoms with E-state index >= 15 is 0 Å². The van der Waals surface area contributed by atoms with Gasteiger partial charge in [-0.3, -0.25) is 0 Å². The fourth-order valence-corrected chi connectivity index (χ4v) is 2.62. The number of nitrogens with one attached hydrogen (secondary N) is 1. The highest BCUT2D eigenvalue weighted by Gasteiger charge is 2.40. The predicted molar refractivity (Wildman–Crippen MR) is 64.8 cm³/mol. The molecular weight excluding hydrogens is 257 g/mol. The Bertz CT molecular complexity index is 540. The van der Waals surface area contributed by atoms with Crippen molar-refractivity contribution in [1.29, 1.82) is 0 Å². The second kappa shape index (κ2) is 4.35. The van der Waals surface area contributed by atoms with Crippen LogP contribution in [0.1, 0.15) is 44.1 Å². The minimum absolute atomic E-state index is 0.0588. The Kier molecular flexibility index (Phi) is 3.23. The van der Waals surface area contributed by atoms with Crippen LogP contribution in [0.3, 0.4) is 0 Å². The average Bonchev–Trinajstić information content (AvgIpc) is 2.24. The zero-order valence-electron chi connectivity index (χ0n) is 11.2. The Hall–Kier alpha value is -1.33. The molecule has 1 aliphatic rings. The van der Waals surface area contributed by atoms with E-state index in [0.29, 0.717) is 18.5 Å². The van der Waals surface area contributed by atoms with Crippen LogP contribution in [0.4, 0.5) is 13.2 Å². The lowest BCUT2D eigenvalue weighted by molar-refractivity contribution is -0.142. The molecule has 0 radical (unpaired) electrons. The molecule has 0 spiro atoms. The summed E-state index contributed by atoms with van der Waals surface area (Å²) in [6, 6.07) is 0. The first kappa shape index (κ1) is 14.1. The molecule has 1 atom stereocenters. The van der Waals surface area contributed by atoms with E-state index in [9.17, 15) is 18.0 Å². The smallest absolute Gasteiger partial charge is 0.310 e. The molecule has 1 N–H and O–H groups in total. The molecule has 6 heteroatoms. The summed E-state index contributed by atoms with van der Waals surface area (Å²) in [5, 5.41) is 0. The van der Waals surface area contributed by atoms with Crippen molar-refractivity contribution in [3.63, 3.8) is 0 Å². The molecule has 0 aliphatic heterocycles. The van der Waals surface area contributed by atoms with Crippen molar-refractivity contribution in [3.8, 4) is 0 Å². The van der Waals surface area contributed by atoms with E-state index in [0.717, 1.165) is 6.42 Å². The van der Waals surface area contributed by atoms with Crippen LogP contribution in [0, 0.1) is 11.3 Å². The number of aromatic nitrogens is 2. The summed E-state index contributed by atoms with van der Waals surface area (Å²) in [5.74, 6) is 0.161. The van der Waals surface area contributed by atoms with Crippen LogP contribution < -0.4 is 5.69 Å². The van der Waals surface area contributed by atoms with E-state index in [1.165, 1.54) is 0 Å². The summed E-state index contributed by atoms with van der Waals surface area (Å²) in [7, 11) is 0. The first-order valence-corrected chi connectivity index (χ1v) is 6.28. The van der Waals surface area contributed by atoms with Crippen molar-refractivity contribution >= 4 is 0 Å². The largest absolute Gasteiger partial charge is 0.433 e. The second-order valence-electron chi connectivity index (χ2n) is 6.15. The quantitative estimate of drug-likeness (QED) is 0.790. The standard InChI is InChI=1S/C13H17F3N2O/c1-12(2,3)7-4-5-9-8(6-7)10(13(14,15)16)18-11(19)17-9/h7H,4-6H2,1-3H3,(H,17,18,19). The molecule has 1 aromatic heterocycles. The number of hydrogen-bond acceptors (Lipinski definition) is 2. The van der Waals surface area contributed by atoms with Gasteiger partial charge < -0.3 is 4.98 Å². The van der Waals surface area contributed by atoms with Gasteiger partial charge in [0.25, 0.3) is 0 Å². The number of halogens is 3. The van der Waals surface area contributed by atoms with Gasteiger partial charge in [0.15, 0.2) is 5.69 Å². The number of fused-ring (bicyclic) bond motifs is 1. The fourth-order valence-electron chi connectivity index (χ4n) is 2.62. The molecule has 0 saturated carbocycles. The number of nitrogens with zero attached hydrogens (tertiary/aromatic N) is 1. The first-order valence-electron chi connectivity index (χ1n) is 6.28. The molecule has 3 nitrogen and oxygen atoms in total. The minimum Gasteiger partial charge on any atom is -0.310 e.